The summed E-state index contributed by atoms with van der Waals surface area (Å²) in [5, 5.41) is 22.0. The van der Waals surface area contributed by atoms with Crippen LogP contribution < -0.4 is 15.6 Å². The number of para-hydroxylation sites is 1. The minimum Gasteiger partial charge on any atom is -0.496 e. The Hall–Kier alpha value is -4.01. The fourth-order valence-electron chi connectivity index (χ4n) is 3.65. The van der Waals surface area contributed by atoms with Gasteiger partial charge in [-0.25, -0.2) is 5.10 Å². The van der Waals surface area contributed by atoms with Crippen LogP contribution in [0.3, 0.4) is 0 Å². The van der Waals surface area contributed by atoms with Crippen molar-refractivity contribution >= 4 is 11.6 Å². The Labute approximate surface area is 165 Å². The second-order valence-electron chi connectivity index (χ2n) is 6.77. The third kappa shape index (κ3) is 2.66. The number of aromatic nitrogens is 6. The lowest BCUT2D eigenvalue weighted by Crippen LogP contribution is -2.29. The molecule has 2 N–H and O–H groups in total. The van der Waals surface area contributed by atoms with E-state index in [1.54, 1.807) is 11.8 Å². The molecule has 0 radical (unpaired) electrons. The van der Waals surface area contributed by atoms with Gasteiger partial charge in [0.05, 0.1) is 12.8 Å². The predicted octanol–water partition coefficient (Wildman–Crippen LogP) is 2.44. The zero-order valence-corrected chi connectivity index (χ0v) is 15.7. The van der Waals surface area contributed by atoms with Crippen molar-refractivity contribution in [1.29, 1.82) is 0 Å². The number of H-pyrrole nitrogens is 1. The predicted molar refractivity (Wildman–Crippen MR) is 106 cm³/mol. The van der Waals surface area contributed by atoms with E-state index in [1.807, 2.05) is 55.5 Å². The number of hydrogen-bond donors (Lipinski definition) is 2. The normalized spacial score (nSPS) is 14.6. The van der Waals surface area contributed by atoms with Crippen molar-refractivity contribution in [1.82, 2.24) is 30.4 Å². The van der Waals surface area contributed by atoms with E-state index in [0.717, 1.165) is 16.7 Å². The van der Waals surface area contributed by atoms with Gasteiger partial charge in [-0.05, 0) is 23.4 Å². The molecular weight excluding hydrogens is 370 g/mol. The number of aryl methyl sites for hydroxylation is 1. The number of ether oxygens (including phenoxy) is 1. The topological polar surface area (TPSA) is 111 Å². The maximum absolute atomic E-state index is 12.7. The molecule has 0 bridgehead atoms. The molecule has 29 heavy (non-hydrogen) atoms. The SMILES string of the molecule is COc1ccccc1C1c2c(-c3ccc(C)cc3)n[nH]c(=O)c2Nc2nnnn21. The largest absolute Gasteiger partial charge is 0.496 e. The summed E-state index contributed by atoms with van der Waals surface area (Å²) >= 11 is 0. The second kappa shape index (κ2) is 6.55. The molecule has 9 nitrogen and oxygen atoms in total. The van der Waals surface area contributed by atoms with Crippen molar-refractivity contribution < 1.29 is 4.74 Å². The number of benzene rings is 2. The molecule has 1 aliphatic rings. The fourth-order valence-corrected chi connectivity index (χ4v) is 3.65. The van der Waals surface area contributed by atoms with E-state index in [2.05, 4.69) is 31.0 Å². The van der Waals surface area contributed by atoms with Gasteiger partial charge < -0.3 is 10.1 Å². The Morgan fingerprint density at radius 3 is 2.69 bits per heavy atom. The first-order chi connectivity index (χ1) is 14.2. The quantitative estimate of drug-likeness (QED) is 0.489. The monoisotopic (exact) mass is 387 g/mol. The van der Waals surface area contributed by atoms with Gasteiger partial charge in [0.25, 0.3) is 5.56 Å². The van der Waals surface area contributed by atoms with Gasteiger partial charge in [-0.1, -0.05) is 53.1 Å². The summed E-state index contributed by atoms with van der Waals surface area (Å²) in [5.41, 5.74) is 4.19. The van der Waals surface area contributed by atoms with E-state index in [0.29, 0.717) is 28.6 Å². The Morgan fingerprint density at radius 2 is 1.90 bits per heavy atom. The summed E-state index contributed by atoms with van der Waals surface area (Å²) in [6.45, 7) is 2.02. The van der Waals surface area contributed by atoms with Crippen molar-refractivity contribution in [3.05, 3.63) is 75.6 Å². The number of nitrogens with zero attached hydrogens (tertiary/aromatic N) is 5. The van der Waals surface area contributed by atoms with Gasteiger partial charge in [0.1, 0.15) is 17.5 Å². The smallest absolute Gasteiger partial charge is 0.288 e. The molecule has 3 heterocycles. The molecule has 2 aromatic heterocycles. The van der Waals surface area contributed by atoms with E-state index in [1.165, 1.54) is 0 Å². The van der Waals surface area contributed by atoms with Crippen LogP contribution in [0.25, 0.3) is 11.3 Å². The van der Waals surface area contributed by atoms with Gasteiger partial charge in [0.2, 0.25) is 5.95 Å². The van der Waals surface area contributed by atoms with E-state index in [4.69, 9.17) is 4.74 Å². The molecule has 1 unspecified atom stereocenters. The number of nitrogens with one attached hydrogen (secondary N) is 2. The van der Waals surface area contributed by atoms with Crippen LogP contribution in [-0.4, -0.2) is 37.5 Å². The van der Waals surface area contributed by atoms with Crippen LogP contribution in [0.5, 0.6) is 5.75 Å². The third-order valence-corrected chi connectivity index (χ3v) is 5.03. The lowest BCUT2D eigenvalue weighted by molar-refractivity contribution is 0.402. The summed E-state index contributed by atoms with van der Waals surface area (Å²) in [6.07, 6.45) is 0. The first kappa shape index (κ1) is 17.1. The first-order valence-electron chi connectivity index (χ1n) is 9.05. The van der Waals surface area contributed by atoms with Crippen molar-refractivity contribution in [3.63, 3.8) is 0 Å². The minimum absolute atomic E-state index is 0.343. The molecule has 2 aromatic carbocycles. The highest BCUT2D eigenvalue weighted by Gasteiger charge is 2.35. The molecule has 9 heteroatoms. The zero-order chi connectivity index (χ0) is 20.0. The fraction of sp³-hybridized carbons (Fsp3) is 0.150. The Bertz CT molecular complexity index is 1260. The van der Waals surface area contributed by atoms with Crippen molar-refractivity contribution in [3.8, 4) is 17.0 Å². The highest BCUT2D eigenvalue weighted by molar-refractivity contribution is 5.76. The highest BCUT2D eigenvalue weighted by Crippen LogP contribution is 2.43. The number of anilines is 2. The zero-order valence-electron chi connectivity index (χ0n) is 15.7. The maximum atomic E-state index is 12.7. The van der Waals surface area contributed by atoms with Crippen molar-refractivity contribution in [2.45, 2.75) is 13.0 Å². The van der Waals surface area contributed by atoms with Crippen LogP contribution in [0.1, 0.15) is 22.7 Å². The van der Waals surface area contributed by atoms with Gasteiger partial charge >= 0.3 is 0 Å². The molecule has 0 amide bonds. The van der Waals surface area contributed by atoms with Crippen LogP contribution in [0, 0.1) is 6.92 Å². The lowest BCUT2D eigenvalue weighted by Gasteiger charge is -2.28. The number of hydrogen-bond acceptors (Lipinski definition) is 7. The standard InChI is InChI=1S/C20H17N7O2/c1-11-7-9-12(10-8-11)16-15-17(19(28)23-22-16)21-20-24-25-26-27(20)18(15)13-5-3-4-6-14(13)29-2/h3-10,18H,1-2H3,(H,23,28)(H,21,24,26). The molecule has 0 fully saturated rings. The van der Waals surface area contributed by atoms with E-state index in [9.17, 15) is 4.79 Å². The molecular formula is C20H17N7O2. The average Bonchev–Trinajstić information content (AvgIpc) is 3.22. The summed E-state index contributed by atoms with van der Waals surface area (Å²) in [6, 6.07) is 15.1. The molecule has 4 aromatic rings. The number of fused-ring (bicyclic) bond motifs is 2. The molecule has 1 atom stereocenters. The number of rotatable bonds is 3. The van der Waals surface area contributed by atoms with Crippen LogP contribution >= 0.6 is 0 Å². The lowest BCUT2D eigenvalue weighted by atomic mass is 9.92. The maximum Gasteiger partial charge on any atom is 0.288 e. The number of tetrazole rings is 1. The van der Waals surface area contributed by atoms with Gasteiger partial charge in [0, 0.05) is 16.7 Å². The van der Waals surface area contributed by atoms with Gasteiger partial charge in [-0.3, -0.25) is 4.79 Å². The third-order valence-electron chi connectivity index (χ3n) is 5.03. The van der Waals surface area contributed by atoms with Gasteiger partial charge in [-0.2, -0.15) is 9.78 Å². The highest BCUT2D eigenvalue weighted by atomic mass is 16.5. The average molecular weight is 387 g/mol. The van der Waals surface area contributed by atoms with Crippen LogP contribution in [0.4, 0.5) is 11.6 Å². The summed E-state index contributed by atoms with van der Waals surface area (Å²) in [4.78, 5) is 12.7. The Morgan fingerprint density at radius 1 is 1.10 bits per heavy atom. The van der Waals surface area contributed by atoms with Crippen LogP contribution in [0.2, 0.25) is 0 Å². The summed E-state index contributed by atoms with van der Waals surface area (Å²) in [7, 11) is 1.61. The Kier molecular flexibility index (Phi) is 3.87. The molecule has 0 aliphatic carbocycles. The molecule has 1 aliphatic heterocycles. The van der Waals surface area contributed by atoms with Crippen molar-refractivity contribution in [2.24, 2.45) is 0 Å². The van der Waals surface area contributed by atoms with E-state index in [-0.39, 0.29) is 5.56 Å². The molecule has 144 valence electrons. The molecule has 0 saturated carbocycles. The number of aromatic amines is 1. The van der Waals surface area contributed by atoms with Crippen molar-refractivity contribution in [2.75, 3.05) is 12.4 Å². The second-order valence-corrected chi connectivity index (χ2v) is 6.77. The molecule has 0 saturated heterocycles. The Balaban J connectivity index is 1.84. The summed E-state index contributed by atoms with van der Waals surface area (Å²) in [5.74, 6) is 1.04. The van der Waals surface area contributed by atoms with E-state index < -0.39 is 6.04 Å². The number of methoxy groups -OCH3 is 1. The first-order valence-corrected chi connectivity index (χ1v) is 9.05. The molecule has 0 spiro atoms. The van der Waals surface area contributed by atoms with E-state index >= 15 is 0 Å². The van der Waals surface area contributed by atoms with Gasteiger partial charge in [0.15, 0.2) is 0 Å². The summed E-state index contributed by atoms with van der Waals surface area (Å²) < 4.78 is 7.23. The van der Waals surface area contributed by atoms with Crippen LogP contribution in [0.15, 0.2) is 53.3 Å². The molecule has 5 rings (SSSR count). The van der Waals surface area contributed by atoms with Gasteiger partial charge in [-0.15, -0.1) is 0 Å². The minimum atomic E-state index is -0.487. The van der Waals surface area contributed by atoms with Crippen LogP contribution in [-0.2, 0) is 0 Å².